The molecule has 1 aromatic heterocycles. The molecule has 5 nitrogen and oxygen atoms in total. The molecule has 5 heteroatoms. The van der Waals surface area contributed by atoms with E-state index in [1.165, 1.54) is 0 Å². The number of benzene rings is 2. The minimum absolute atomic E-state index is 0.0346. The Bertz CT molecular complexity index is 957. The molecule has 26 heavy (non-hydrogen) atoms. The summed E-state index contributed by atoms with van der Waals surface area (Å²) in [5, 5.41) is 8.60. The van der Waals surface area contributed by atoms with Crippen LogP contribution in [0.2, 0.25) is 0 Å². The molecule has 0 saturated carbocycles. The summed E-state index contributed by atoms with van der Waals surface area (Å²) in [7, 11) is 1.65. The highest BCUT2D eigenvalue weighted by atomic mass is 16.5. The Labute approximate surface area is 152 Å². The highest BCUT2D eigenvalue weighted by molar-refractivity contribution is 5.84. The van der Waals surface area contributed by atoms with E-state index in [1.54, 1.807) is 11.7 Å². The smallest absolute Gasteiger partial charge is 0.258 e. The average Bonchev–Trinajstić information content (AvgIpc) is 3.18. The maximum absolute atomic E-state index is 12.8. The molecule has 0 spiro atoms. The number of fused-ring (bicyclic) bond motifs is 1. The molecule has 0 aliphatic carbocycles. The van der Waals surface area contributed by atoms with Crippen LogP contribution in [-0.2, 0) is 6.54 Å². The molecule has 0 bridgehead atoms. The van der Waals surface area contributed by atoms with E-state index < -0.39 is 0 Å². The normalized spacial score (nSPS) is 16.7. The lowest BCUT2D eigenvalue weighted by molar-refractivity contribution is 0.414. The van der Waals surface area contributed by atoms with Gasteiger partial charge in [0.1, 0.15) is 5.75 Å². The minimum Gasteiger partial charge on any atom is -0.497 e. The number of pyridine rings is 1. The van der Waals surface area contributed by atoms with Crippen LogP contribution in [0.5, 0.6) is 5.75 Å². The Morgan fingerprint density at radius 1 is 1.19 bits per heavy atom. The summed E-state index contributed by atoms with van der Waals surface area (Å²) in [4.78, 5) is 12.8. The molecule has 1 aliphatic heterocycles. The molecule has 2 N–H and O–H groups in total. The topological polar surface area (TPSA) is 55.3 Å². The predicted molar refractivity (Wildman–Crippen MR) is 105 cm³/mol. The number of nitrogens with zero attached hydrogens (tertiary/aromatic N) is 1. The first-order chi connectivity index (χ1) is 12.7. The van der Waals surface area contributed by atoms with Crippen molar-refractivity contribution in [1.29, 1.82) is 0 Å². The van der Waals surface area contributed by atoms with Crippen molar-refractivity contribution in [1.82, 2.24) is 9.88 Å². The molecular formula is C21H23N3O2. The van der Waals surface area contributed by atoms with Crippen LogP contribution in [0, 0.1) is 0 Å². The fourth-order valence-corrected chi connectivity index (χ4v) is 3.44. The van der Waals surface area contributed by atoms with Crippen LogP contribution in [0.1, 0.15) is 12.0 Å². The van der Waals surface area contributed by atoms with E-state index in [0.717, 1.165) is 47.3 Å². The van der Waals surface area contributed by atoms with E-state index >= 15 is 0 Å². The minimum atomic E-state index is 0.0346. The van der Waals surface area contributed by atoms with Gasteiger partial charge in [-0.25, -0.2) is 0 Å². The summed E-state index contributed by atoms with van der Waals surface area (Å²) in [5.41, 5.74) is 2.17. The number of rotatable bonds is 5. The predicted octanol–water partition coefficient (Wildman–Crippen LogP) is 2.83. The molecule has 2 heterocycles. The van der Waals surface area contributed by atoms with Crippen LogP contribution in [0.25, 0.3) is 10.8 Å². The Kier molecular flexibility index (Phi) is 4.63. The number of nitrogens with one attached hydrogen (secondary N) is 2. The summed E-state index contributed by atoms with van der Waals surface area (Å²) in [6.45, 7) is 2.59. The van der Waals surface area contributed by atoms with Gasteiger partial charge in [-0.15, -0.1) is 0 Å². The number of ether oxygens (including phenoxy) is 1. The fourth-order valence-electron chi connectivity index (χ4n) is 3.44. The summed E-state index contributed by atoms with van der Waals surface area (Å²) in [6.07, 6.45) is 3.00. The summed E-state index contributed by atoms with van der Waals surface area (Å²) >= 11 is 0. The quantitative estimate of drug-likeness (QED) is 0.744. The lowest BCUT2D eigenvalue weighted by Gasteiger charge is -2.14. The number of methoxy groups -OCH3 is 1. The third-order valence-electron chi connectivity index (χ3n) is 4.92. The molecule has 1 fully saturated rings. The summed E-state index contributed by atoms with van der Waals surface area (Å²) in [5.74, 6) is 0.817. The number of hydrogen-bond donors (Lipinski definition) is 2. The molecule has 134 valence electrons. The van der Waals surface area contributed by atoms with Gasteiger partial charge in [-0.3, -0.25) is 4.79 Å². The summed E-state index contributed by atoms with van der Waals surface area (Å²) in [6, 6.07) is 16.3. The van der Waals surface area contributed by atoms with Crippen molar-refractivity contribution in [3.63, 3.8) is 0 Å². The second-order valence-corrected chi connectivity index (χ2v) is 6.73. The SMILES string of the molecule is COc1ccc(Cn2ccc3cc(NC4CCNC4)ccc3c2=O)cc1. The zero-order chi connectivity index (χ0) is 17.9. The van der Waals surface area contributed by atoms with Gasteiger partial charge in [0.25, 0.3) is 5.56 Å². The van der Waals surface area contributed by atoms with Gasteiger partial charge in [-0.05, 0) is 60.3 Å². The van der Waals surface area contributed by atoms with E-state index in [9.17, 15) is 4.79 Å². The van der Waals surface area contributed by atoms with Crippen molar-refractivity contribution >= 4 is 16.5 Å². The fraction of sp³-hybridized carbons (Fsp3) is 0.286. The van der Waals surface area contributed by atoms with Gasteiger partial charge in [0, 0.05) is 29.9 Å². The van der Waals surface area contributed by atoms with Gasteiger partial charge >= 0.3 is 0 Å². The standard InChI is InChI=1S/C21H23N3O2/c1-26-19-5-2-15(3-6-19)14-24-11-9-16-12-17(4-7-20(16)21(24)25)23-18-8-10-22-13-18/h2-7,9,11-12,18,22-23H,8,10,13-14H2,1H3. The largest absolute Gasteiger partial charge is 0.497 e. The Balaban J connectivity index is 1.58. The third kappa shape index (κ3) is 3.44. The molecule has 1 saturated heterocycles. The molecule has 3 aromatic rings. The van der Waals surface area contributed by atoms with Crippen LogP contribution in [0.3, 0.4) is 0 Å². The monoisotopic (exact) mass is 349 g/mol. The third-order valence-corrected chi connectivity index (χ3v) is 4.92. The van der Waals surface area contributed by atoms with Gasteiger partial charge in [0.05, 0.1) is 13.7 Å². The van der Waals surface area contributed by atoms with Crippen LogP contribution >= 0.6 is 0 Å². The van der Waals surface area contributed by atoms with E-state index in [4.69, 9.17) is 4.74 Å². The Morgan fingerprint density at radius 2 is 2.04 bits per heavy atom. The van der Waals surface area contributed by atoms with E-state index in [0.29, 0.717) is 12.6 Å². The molecular weight excluding hydrogens is 326 g/mol. The van der Waals surface area contributed by atoms with Gasteiger partial charge in [0.15, 0.2) is 0 Å². The lowest BCUT2D eigenvalue weighted by atomic mass is 10.1. The maximum atomic E-state index is 12.8. The van der Waals surface area contributed by atoms with Gasteiger partial charge < -0.3 is 19.9 Å². The first-order valence-electron chi connectivity index (χ1n) is 8.96. The van der Waals surface area contributed by atoms with Crippen LogP contribution < -0.4 is 20.9 Å². The molecule has 2 aromatic carbocycles. The van der Waals surface area contributed by atoms with Crippen molar-refractivity contribution in [2.75, 3.05) is 25.5 Å². The van der Waals surface area contributed by atoms with Crippen LogP contribution in [0.15, 0.2) is 59.5 Å². The van der Waals surface area contributed by atoms with E-state index in [2.05, 4.69) is 16.7 Å². The first-order valence-corrected chi connectivity index (χ1v) is 8.96. The average molecular weight is 349 g/mol. The Hall–Kier alpha value is -2.79. The second kappa shape index (κ2) is 7.22. The Morgan fingerprint density at radius 3 is 2.77 bits per heavy atom. The molecule has 0 radical (unpaired) electrons. The van der Waals surface area contributed by atoms with Crippen molar-refractivity contribution in [2.24, 2.45) is 0 Å². The van der Waals surface area contributed by atoms with E-state index in [-0.39, 0.29) is 5.56 Å². The lowest BCUT2D eigenvalue weighted by Crippen LogP contribution is -2.22. The number of anilines is 1. The summed E-state index contributed by atoms with van der Waals surface area (Å²) < 4.78 is 6.93. The number of aromatic nitrogens is 1. The number of hydrogen-bond acceptors (Lipinski definition) is 4. The highest BCUT2D eigenvalue weighted by Gasteiger charge is 2.14. The van der Waals surface area contributed by atoms with Crippen molar-refractivity contribution in [3.05, 3.63) is 70.6 Å². The molecule has 1 aliphatic rings. The highest BCUT2D eigenvalue weighted by Crippen LogP contribution is 2.19. The van der Waals surface area contributed by atoms with Crippen molar-refractivity contribution in [3.8, 4) is 5.75 Å². The van der Waals surface area contributed by atoms with Gasteiger partial charge in [0.2, 0.25) is 0 Å². The van der Waals surface area contributed by atoms with Gasteiger partial charge in [-0.2, -0.15) is 0 Å². The second-order valence-electron chi connectivity index (χ2n) is 6.73. The molecule has 4 rings (SSSR count). The maximum Gasteiger partial charge on any atom is 0.258 e. The first kappa shape index (κ1) is 16.7. The molecule has 1 atom stereocenters. The van der Waals surface area contributed by atoms with E-state index in [1.807, 2.05) is 48.7 Å². The zero-order valence-electron chi connectivity index (χ0n) is 14.9. The molecule has 0 amide bonds. The van der Waals surface area contributed by atoms with Crippen LogP contribution in [-0.4, -0.2) is 30.8 Å². The van der Waals surface area contributed by atoms with Crippen molar-refractivity contribution in [2.45, 2.75) is 19.0 Å². The van der Waals surface area contributed by atoms with Crippen LogP contribution in [0.4, 0.5) is 5.69 Å². The van der Waals surface area contributed by atoms with Crippen molar-refractivity contribution < 1.29 is 4.74 Å². The zero-order valence-corrected chi connectivity index (χ0v) is 14.9. The molecule has 1 unspecified atom stereocenters. The van der Waals surface area contributed by atoms with Gasteiger partial charge in [-0.1, -0.05) is 12.1 Å².